The molecule has 0 bridgehead atoms. The molecule has 1 unspecified atom stereocenters. The molecule has 1 aliphatic heterocycles. The van der Waals surface area contributed by atoms with Crippen LogP contribution in [0.25, 0.3) is 0 Å². The highest BCUT2D eigenvalue weighted by Gasteiger charge is 2.30. The number of hydrazine groups is 1. The first-order valence-electron chi connectivity index (χ1n) is 7.76. The fraction of sp³-hybridized carbons (Fsp3) is 0.375. The van der Waals surface area contributed by atoms with E-state index in [-0.39, 0.29) is 23.4 Å². The summed E-state index contributed by atoms with van der Waals surface area (Å²) in [6.07, 6.45) is -0.806. The van der Waals surface area contributed by atoms with Crippen LogP contribution in [0, 0.1) is 0 Å². The van der Waals surface area contributed by atoms with Gasteiger partial charge in [-0.1, -0.05) is 23.8 Å². The molecule has 0 fully saturated rings. The fourth-order valence-corrected chi connectivity index (χ4v) is 3.52. The molecular formula is C16H21N3O5S. The SMILES string of the molecule is CC1=C(CC(=O)NC(C)O)C(=O)N(NS(=O)(=O)c2ccccc2)CC1. The van der Waals surface area contributed by atoms with Crippen molar-refractivity contribution in [1.82, 2.24) is 15.2 Å². The van der Waals surface area contributed by atoms with Gasteiger partial charge in [0.25, 0.3) is 15.9 Å². The number of carbonyl (C=O) groups is 2. The van der Waals surface area contributed by atoms with E-state index in [1.165, 1.54) is 19.1 Å². The van der Waals surface area contributed by atoms with E-state index < -0.39 is 28.1 Å². The van der Waals surface area contributed by atoms with Crippen LogP contribution >= 0.6 is 0 Å². The van der Waals surface area contributed by atoms with Crippen molar-refractivity contribution in [1.29, 1.82) is 0 Å². The lowest BCUT2D eigenvalue weighted by Crippen LogP contribution is -2.49. The van der Waals surface area contributed by atoms with Crippen molar-refractivity contribution in [3.05, 3.63) is 41.5 Å². The zero-order valence-corrected chi connectivity index (χ0v) is 14.8. The van der Waals surface area contributed by atoms with Crippen LogP contribution in [0.1, 0.15) is 26.7 Å². The molecule has 1 aromatic carbocycles. The van der Waals surface area contributed by atoms with Gasteiger partial charge in [0.15, 0.2) is 0 Å². The Hall–Kier alpha value is -2.23. The minimum atomic E-state index is -3.89. The Bertz CT molecular complexity index is 787. The Morgan fingerprint density at radius 1 is 1.32 bits per heavy atom. The van der Waals surface area contributed by atoms with Crippen molar-refractivity contribution in [2.45, 2.75) is 37.8 Å². The van der Waals surface area contributed by atoms with E-state index >= 15 is 0 Å². The van der Waals surface area contributed by atoms with Gasteiger partial charge in [0, 0.05) is 12.1 Å². The Labute approximate surface area is 146 Å². The lowest BCUT2D eigenvalue weighted by molar-refractivity contribution is -0.131. The minimum absolute atomic E-state index is 0.0440. The van der Waals surface area contributed by atoms with Gasteiger partial charge in [-0.3, -0.25) is 14.6 Å². The smallest absolute Gasteiger partial charge is 0.265 e. The zero-order valence-electron chi connectivity index (χ0n) is 14.0. The van der Waals surface area contributed by atoms with Gasteiger partial charge in [-0.15, -0.1) is 4.83 Å². The van der Waals surface area contributed by atoms with Crippen molar-refractivity contribution in [3.63, 3.8) is 0 Å². The molecule has 3 N–H and O–H groups in total. The summed E-state index contributed by atoms with van der Waals surface area (Å²) >= 11 is 0. The van der Waals surface area contributed by atoms with Crippen LogP contribution < -0.4 is 10.1 Å². The van der Waals surface area contributed by atoms with E-state index in [1.807, 2.05) is 0 Å². The third-order valence-electron chi connectivity index (χ3n) is 3.72. The molecule has 0 saturated heterocycles. The number of aliphatic hydroxyl groups excluding tert-OH is 1. The van der Waals surface area contributed by atoms with Gasteiger partial charge in [0.2, 0.25) is 5.91 Å². The van der Waals surface area contributed by atoms with Gasteiger partial charge in [0.1, 0.15) is 6.23 Å². The molecule has 1 aliphatic rings. The average molecular weight is 367 g/mol. The standard InChI is InChI=1S/C16H21N3O5S/c1-11-8-9-19(16(22)14(11)10-15(21)17-12(2)20)18-25(23,24)13-6-4-3-5-7-13/h3-7,12,18,20H,8-10H2,1-2H3,(H,17,21). The van der Waals surface area contributed by atoms with Crippen LogP contribution in [-0.2, 0) is 19.6 Å². The molecule has 136 valence electrons. The molecule has 0 spiro atoms. The van der Waals surface area contributed by atoms with Gasteiger partial charge < -0.3 is 10.4 Å². The molecule has 1 aromatic rings. The highest BCUT2D eigenvalue weighted by atomic mass is 32.2. The maximum Gasteiger partial charge on any atom is 0.265 e. The van der Waals surface area contributed by atoms with Crippen molar-refractivity contribution in [3.8, 4) is 0 Å². The largest absolute Gasteiger partial charge is 0.374 e. The zero-order chi connectivity index (χ0) is 18.6. The van der Waals surface area contributed by atoms with E-state index in [4.69, 9.17) is 0 Å². The molecule has 0 aromatic heterocycles. The van der Waals surface area contributed by atoms with E-state index in [1.54, 1.807) is 25.1 Å². The Morgan fingerprint density at radius 2 is 1.96 bits per heavy atom. The average Bonchev–Trinajstić information content (AvgIpc) is 2.54. The van der Waals surface area contributed by atoms with E-state index in [0.717, 1.165) is 10.6 Å². The minimum Gasteiger partial charge on any atom is -0.374 e. The lowest BCUT2D eigenvalue weighted by Gasteiger charge is -2.29. The number of carbonyl (C=O) groups excluding carboxylic acids is 2. The molecule has 0 saturated carbocycles. The number of nitrogens with zero attached hydrogens (tertiary/aromatic N) is 1. The number of sulfonamides is 1. The predicted octanol–water partition coefficient (Wildman–Crippen LogP) is 0.273. The topological polar surface area (TPSA) is 116 Å². The summed E-state index contributed by atoms with van der Waals surface area (Å²) in [6, 6.07) is 7.71. The molecule has 2 rings (SSSR count). The highest BCUT2D eigenvalue weighted by Crippen LogP contribution is 2.21. The summed E-state index contributed by atoms with van der Waals surface area (Å²) in [5.41, 5.74) is 0.945. The van der Waals surface area contributed by atoms with Gasteiger partial charge in [-0.2, -0.15) is 0 Å². The molecule has 9 heteroatoms. The molecule has 8 nitrogen and oxygen atoms in total. The number of amides is 2. The van der Waals surface area contributed by atoms with Crippen LogP contribution in [0.5, 0.6) is 0 Å². The second kappa shape index (κ2) is 7.77. The number of hydrogen-bond acceptors (Lipinski definition) is 5. The number of rotatable bonds is 6. The van der Waals surface area contributed by atoms with Crippen molar-refractivity contribution >= 4 is 21.8 Å². The fourth-order valence-electron chi connectivity index (χ4n) is 2.43. The van der Waals surface area contributed by atoms with Crippen molar-refractivity contribution in [2.75, 3.05) is 6.54 Å². The van der Waals surface area contributed by atoms with E-state index in [0.29, 0.717) is 6.42 Å². The van der Waals surface area contributed by atoms with Crippen molar-refractivity contribution in [2.24, 2.45) is 0 Å². The first kappa shape index (κ1) is 19.1. The second-order valence-corrected chi connectivity index (χ2v) is 7.45. The monoisotopic (exact) mass is 367 g/mol. The molecule has 0 radical (unpaired) electrons. The predicted molar refractivity (Wildman–Crippen MR) is 90.2 cm³/mol. The van der Waals surface area contributed by atoms with Crippen LogP contribution in [0.4, 0.5) is 0 Å². The summed E-state index contributed by atoms with van der Waals surface area (Å²) in [4.78, 5) is 26.7. The van der Waals surface area contributed by atoms with E-state index in [2.05, 4.69) is 10.1 Å². The number of nitrogens with one attached hydrogen (secondary N) is 2. The normalized spacial score (nSPS) is 16.8. The molecule has 2 amide bonds. The molecule has 25 heavy (non-hydrogen) atoms. The lowest BCUT2D eigenvalue weighted by atomic mass is 9.99. The van der Waals surface area contributed by atoms with Gasteiger partial charge in [0.05, 0.1) is 11.3 Å². The Balaban J connectivity index is 2.15. The van der Waals surface area contributed by atoms with Gasteiger partial charge >= 0.3 is 0 Å². The number of hydrogen-bond donors (Lipinski definition) is 3. The maximum absolute atomic E-state index is 12.6. The quantitative estimate of drug-likeness (QED) is 0.624. The Morgan fingerprint density at radius 3 is 2.56 bits per heavy atom. The molecular weight excluding hydrogens is 346 g/mol. The van der Waals surface area contributed by atoms with Crippen LogP contribution in [0.15, 0.2) is 46.4 Å². The summed E-state index contributed by atoms with van der Waals surface area (Å²) in [5, 5.41) is 12.5. The summed E-state index contributed by atoms with van der Waals surface area (Å²) < 4.78 is 24.7. The van der Waals surface area contributed by atoms with Crippen LogP contribution in [0.3, 0.4) is 0 Å². The van der Waals surface area contributed by atoms with E-state index in [9.17, 15) is 23.1 Å². The van der Waals surface area contributed by atoms with Gasteiger partial charge in [-0.05, 0) is 32.4 Å². The first-order valence-corrected chi connectivity index (χ1v) is 9.24. The molecule has 0 aliphatic carbocycles. The summed E-state index contributed by atoms with van der Waals surface area (Å²) in [7, 11) is -3.89. The Kier molecular flexibility index (Phi) is 5.93. The maximum atomic E-state index is 12.6. The van der Waals surface area contributed by atoms with Crippen LogP contribution in [0.2, 0.25) is 0 Å². The van der Waals surface area contributed by atoms with Crippen molar-refractivity contribution < 1.29 is 23.1 Å². The number of aliphatic hydroxyl groups is 1. The highest BCUT2D eigenvalue weighted by molar-refractivity contribution is 7.89. The van der Waals surface area contributed by atoms with Crippen LogP contribution in [-0.4, -0.2) is 43.1 Å². The molecule has 1 atom stereocenters. The van der Waals surface area contributed by atoms with Gasteiger partial charge in [-0.25, -0.2) is 8.42 Å². The third-order valence-corrected chi connectivity index (χ3v) is 5.07. The second-order valence-electron chi connectivity index (χ2n) is 5.79. The summed E-state index contributed by atoms with van der Waals surface area (Å²) in [5.74, 6) is -1.07. The summed E-state index contributed by atoms with van der Waals surface area (Å²) in [6.45, 7) is 3.30. The molecule has 1 heterocycles. The first-order chi connectivity index (χ1) is 11.7. The number of benzene rings is 1. The third kappa shape index (κ3) is 4.88.